The minimum atomic E-state index is 0.613. The first-order valence-electron chi connectivity index (χ1n) is 6.24. The molecule has 1 aliphatic rings. The van der Waals surface area contributed by atoms with E-state index in [-0.39, 0.29) is 0 Å². The predicted molar refractivity (Wildman–Crippen MR) is 75.3 cm³/mol. The molecule has 0 atom stereocenters. The number of benzene rings is 1. The summed E-state index contributed by atoms with van der Waals surface area (Å²) in [5.41, 5.74) is 6.38. The summed E-state index contributed by atoms with van der Waals surface area (Å²) in [6, 6.07) is 5.31. The summed E-state index contributed by atoms with van der Waals surface area (Å²) < 4.78 is 5.68. The van der Waals surface area contributed by atoms with Crippen molar-refractivity contribution in [2.45, 2.75) is 0 Å². The fourth-order valence-corrected chi connectivity index (χ4v) is 2.16. The number of nitrogen functional groups attached to an aromatic ring is 1. The van der Waals surface area contributed by atoms with Crippen molar-refractivity contribution in [1.82, 2.24) is 9.80 Å². The third-order valence-corrected chi connectivity index (χ3v) is 3.53. The Morgan fingerprint density at radius 1 is 1.28 bits per heavy atom. The number of nitrogens with two attached hydrogens (primary N) is 1. The summed E-state index contributed by atoms with van der Waals surface area (Å²) in [5, 5.41) is 0.613. The highest BCUT2D eigenvalue weighted by Crippen LogP contribution is 2.26. The van der Waals surface area contributed by atoms with Crippen molar-refractivity contribution in [1.29, 1.82) is 0 Å². The maximum atomic E-state index is 6.04. The van der Waals surface area contributed by atoms with Gasteiger partial charge < -0.3 is 15.4 Å². The van der Waals surface area contributed by atoms with E-state index in [9.17, 15) is 0 Å². The fraction of sp³-hybridized carbons (Fsp3) is 0.538. The maximum Gasteiger partial charge on any atom is 0.140 e. The number of likely N-dealkylation sites (N-methyl/N-ethyl adjacent to an activating group) is 1. The van der Waals surface area contributed by atoms with E-state index in [4.69, 9.17) is 22.1 Å². The van der Waals surface area contributed by atoms with Crippen molar-refractivity contribution in [2.75, 3.05) is 52.1 Å². The van der Waals surface area contributed by atoms with Crippen molar-refractivity contribution in [2.24, 2.45) is 0 Å². The van der Waals surface area contributed by atoms with Crippen LogP contribution in [0.25, 0.3) is 0 Å². The number of anilines is 1. The van der Waals surface area contributed by atoms with Crippen LogP contribution in [0, 0.1) is 0 Å². The molecule has 0 radical (unpaired) electrons. The first-order valence-corrected chi connectivity index (χ1v) is 6.61. The largest absolute Gasteiger partial charge is 0.491 e. The molecule has 1 aromatic rings. The van der Waals surface area contributed by atoms with Crippen molar-refractivity contribution in [3.63, 3.8) is 0 Å². The Labute approximate surface area is 113 Å². The molecule has 18 heavy (non-hydrogen) atoms. The van der Waals surface area contributed by atoms with Crippen molar-refractivity contribution >= 4 is 17.3 Å². The van der Waals surface area contributed by atoms with Gasteiger partial charge in [-0.1, -0.05) is 11.6 Å². The molecule has 0 aliphatic carbocycles. The SMILES string of the molecule is CN1CCN(CCOc2cc(N)ccc2Cl)CC1. The van der Waals surface area contributed by atoms with E-state index in [2.05, 4.69) is 16.8 Å². The van der Waals surface area contributed by atoms with E-state index in [0.29, 0.717) is 23.1 Å². The number of rotatable bonds is 4. The molecular formula is C13H20ClN3O. The molecule has 1 heterocycles. The molecule has 0 bridgehead atoms. The van der Waals surface area contributed by atoms with Gasteiger partial charge in [0.2, 0.25) is 0 Å². The third-order valence-electron chi connectivity index (χ3n) is 3.22. The Hall–Kier alpha value is -0.970. The van der Waals surface area contributed by atoms with Crippen LogP contribution in [0.3, 0.4) is 0 Å². The van der Waals surface area contributed by atoms with E-state index in [1.165, 1.54) is 0 Å². The van der Waals surface area contributed by atoms with Crippen LogP contribution in [-0.2, 0) is 0 Å². The number of nitrogens with zero attached hydrogens (tertiary/aromatic N) is 2. The van der Waals surface area contributed by atoms with Crippen LogP contribution < -0.4 is 10.5 Å². The summed E-state index contributed by atoms with van der Waals surface area (Å²) in [7, 11) is 2.15. The van der Waals surface area contributed by atoms with Gasteiger partial charge in [-0.2, -0.15) is 0 Å². The van der Waals surface area contributed by atoms with Crippen LogP contribution in [0.2, 0.25) is 5.02 Å². The smallest absolute Gasteiger partial charge is 0.140 e. The van der Waals surface area contributed by atoms with Crippen LogP contribution in [0.1, 0.15) is 0 Å². The van der Waals surface area contributed by atoms with Crippen LogP contribution >= 0.6 is 11.6 Å². The van der Waals surface area contributed by atoms with Crippen LogP contribution in [0.15, 0.2) is 18.2 Å². The Kier molecular flexibility index (Phi) is 4.69. The van der Waals surface area contributed by atoms with Gasteiger partial charge in [0.1, 0.15) is 12.4 Å². The molecule has 1 aromatic carbocycles. The lowest BCUT2D eigenvalue weighted by atomic mass is 10.3. The molecule has 1 saturated heterocycles. The van der Waals surface area contributed by atoms with Gasteiger partial charge >= 0.3 is 0 Å². The Bertz CT molecular complexity index is 392. The highest BCUT2D eigenvalue weighted by Gasteiger charge is 2.13. The molecule has 1 fully saturated rings. The molecule has 0 spiro atoms. The van der Waals surface area contributed by atoms with Gasteiger partial charge in [-0.3, -0.25) is 4.90 Å². The second-order valence-electron chi connectivity index (χ2n) is 4.68. The summed E-state index contributed by atoms with van der Waals surface area (Å²) >= 11 is 6.04. The monoisotopic (exact) mass is 269 g/mol. The summed E-state index contributed by atoms with van der Waals surface area (Å²) in [5.74, 6) is 0.672. The number of ether oxygens (including phenoxy) is 1. The van der Waals surface area contributed by atoms with Gasteiger partial charge in [0, 0.05) is 44.5 Å². The summed E-state index contributed by atoms with van der Waals surface area (Å²) in [4.78, 5) is 4.74. The average molecular weight is 270 g/mol. The van der Waals surface area contributed by atoms with E-state index in [1.807, 2.05) is 0 Å². The second-order valence-corrected chi connectivity index (χ2v) is 5.09. The second kappa shape index (κ2) is 6.27. The Morgan fingerprint density at radius 2 is 2.00 bits per heavy atom. The van der Waals surface area contributed by atoms with Crippen molar-refractivity contribution in [3.8, 4) is 5.75 Å². The Balaban J connectivity index is 1.76. The fourth-order valence-electron chi connectivity index (χ4n) is 1.99. The lowest BCUT2D eigenvalue weighted by Gasteiger charge is -2.32. The van der Waals surface area contributed by atoms with Gasteiger partial charge in [-0.05, 0) is 19.2 Å². The Morgan fingerprint density at radius 3 is 2.72 bits per heavy atom. The van der Waals surface area contributed by atoms with Crippen LogP contribution in [-0.4, -0.2) is 56.2 Å². The topological polar surface area (TPSA) is 41.7 Å². The van der Waals surface area contributed by atoms with Crippen LogP contribution in [0.4, 0.5) is 5.69 Å². The van der Waals surface area contributed by atoms with E-state index < -0.39 is 0 Å². The molecule has 1 aliphatic heterocycles. The molecule has 100 valence electrons. The van der Waals surface area contributed by atoms with Gasteiger partial charge in [-0.25, -0.2) is 0 Å². The average Bonchev–Trinajstić information content (AvgIpc) is 2.36. The van der Waals surface area contributed by atoms with E-state index >= 15 is 0 Å². The molecule has 0 amide bonds. The van der Waals surface area contributed by atoms with Gasteiger partial charge in [0.15, 0.2) is 0 Å². The maximum absolute atomic E-state index is 6.04. The lowest BCUT2D eigenvalue weighted by Crippen LogP contribution is -2.45. The number of halogens is 1. The number of hydrogen-bond donors (Lipinski definition) is 1. The molecule has 2 rings (SSSR count). The highest BCUT2D eigenvalue weighted by atomic mass is 35.5. The van der Waals surface area contributed by atoms with Crippen molar-refractivity contribution in [3.05, 3.63) is 23.2 Å². The predicted octanol–water partition coefficient (Wildman–Crippen LogP) is 1.55. The first-order chi connectivity index (χ1) is 8.65. The van der Waals surface area contributed by atoms with E-state index in [0.717, 1.165) is 32.7 Å². The molecule has 5 heteroatoms. The lowest BCUT2D eigenvalue weighted by molar-refractivity contribution is 0.134. The van der Waals surface area contributed by atoms with E-state index in [1.54, 1.807) is 18.2 Å². The summed E-state index contributed by atoms with van der Waals surface area (Å²) in [6.07, 6.45) is 0. The summed E-state index contributed by atoms with van der Waals surface area (Å²) in [6.45, 7) is 6.03. The zero-order chi connectivity index (χ0) is 13.0. The zero-order valence-electron chi connectivity index (χ0n) is 10.7. The quantitative estimate of drug-likeness (QED) is 0.842. The standard InChI is InChI=1S/C13H20ClN3O/c1-16-4-6-17(7-5-16)8-9-18-13-10-11(15)2-3-12(13)14/h2-3,10H,4-9,15H2,1H3. The van der Waals surface area contributed by atoms with Gasteiger partial charge in [0.05, 0.1) is 5.02 Å². The van der Waals surface area contributed by atoms with Crippen molar-refractivity contribution < 1.29 is 4.74 Å². The molecule has 0 saturated carbocycles. The zero-order valence-corrected chi connectivity index (χ0v) is 11.5. The molecule has 4 nitrogen and oxygen atoms in total. The number of piperazine rings is 1. The van der Waals surface area contributed by atoms with Gasteiger partial charge in [0.25, 0.3) is 0 Å². The molecule has 0 unspecified atom stereocenters. The molecule has 0 aromatic heterocycles. The minimum Gasteiger partial charge on any atom is -0.491 e. The first kappa shape index (κ1) is 13.5. The third kappa shape index (κ3) is 3.77. The normalized spacial score (nSPS) is 17.9. The number of hydrogen-bond acceptors (Lipinski definition) is 4. The van der Waals surface area contributed by atoms with Gasteiger partial charge in [-0.15, -0.1) is 0 Å². The molecule has 2 N–H and O–H groups in total. The highest BCUT2D eigenvalue weighted by molar-refractivity contribution is 6.32. The minimum absolute atomic E-state index is 0.613. The molecular weight excluding hydrogens is 250 g/mol. The van der Waals surface area contributed by atoms with Crippen LogP contribution in [0.5, 0.6) is 5.75 Å².